The summed E-state index contributed by atoms with van der Waals surface area (Å²) < 4.78 is 12.9. The lowest BCUT2D eigenvalue weighted by Gasteiger charge is -2.47. The number of nitrogens with zero attached hydrogens (tertiary/aromatic N) is 4. The van der Waals surface area contributed by atoms with E-state index in [1.54, 1.807) is 36.7 Å². The SMILES string of the molecule is Cc1cc(Cl)cc(-c2ncnc3cc(CN(C)C(=O)CCN(C)C=O)sc23)c1CC1CNCC2(COC2)O1. The van der Waals surface area contributed by atoms with Crippen LogP contribution in [0, 0.1) is 6.92 Å². The maximum absolute atomic E-state index is 12.6. The predicted octanol–water partition coefficient (Wildman–Crippen LogP) is 3.06. The molecule has 38 heavy (non-hydrogen) atoms. The molecule has 1 unspecified atom stereocenters. The second-order valence-electron chi connectivity index (χ2n) is 10.2. The van der Waals surface area contributed by atoms with Crippen molar-refractivity contribution in [3.05, 3.63) is 45.6 Å². The molecule has 2 aromatic heterocycles. The highest BCUT2D eigenvalue weighted by atomic mass is 35.5. The largest absolute Gasteiger partial charge is 0.375 e. The lowest BCUT2D eigenvalue weighted by Crippen LogP contribution is -2.64. The molecular weight excluding hydrogens is 526 g/mol. The second-order valence-corrected chi connectivity index (χ2v) is 11.8. The molecule has 3 aromatic rings. The van der Waals surface area contributed by atoms with Crippen LogP contribution in [0.2, 0.25) is 5.02 Å². The number of amides is 2. The first kappa shape index (κ1) is 27.0. The minimum Gasteiger partial charge on any atom is -0.375 e. The Bertz CT molecular complexity index is 1340. The van der Waals surface area contributed by atoms with E-state index in [1.807, 2.05) is 18.2 Å². The molecule has 2 saturated heterocycles. The van der Waals surface area contributed by atoms with Gasteiger partial charge >= 0.3 is 0 Å². The van der Waals surface area contributed by atoms with Gasteiger partial charge < -0.3 is 24.6 Å². The van der Waals surface area contributed by atoms with Gasteiger partial charge in [-0.15, -0.1) is 11.3 Å². The van der Waals surface area contributed by atoms with E-state index in [0.29, 0.717) is 31.3 Å². The molecule has 1 atom stereocenters. The number of nitrogens with one attached hydrogen (secondary N) is 1. The van der Waals surface area contributed by atoms with Gasteiger partial charge in [0.1, 0.15) is 11.9 Å². The van der Waals surface area contributed by atoms with Gasteiger partial charge in [-0.05, 0) is 36.2 Å². The van der Waals surface area contributed by atoms with Gasteiger partial charge in [0.05, 0.1) is 41.8 Å². The Morgan fingerprint density at radius 3 is 2.84 bits per heavy atom. The van der Waals surface area contributed by atoms with Crippen molar-refractivity contribution in [1.29, 1.82) is 0 Å². The summed E-state index contributed by atoms with van der Waals surface area (Å²) in [7, 11) is 3.44. The van der Waals surface area contributed by atoms with Crippen molar-refractivity contribution >= 4 is 45.5 Å². The molecule has 1 aromatic carbocycles. The summed E-state index contributed by atoms with van der Waals surface area (Å²) in [5, 5.41) is 4.16. The molecule has 4 heterocycles. The number of fused-ring (bicyclic) bond motifs is 1. The number of aryl methyl sites for hydroxylation is 1. The molecule has 0 radical (unpaired) electrons. The van der Waals surface area contributed by atoms with Gasteiger partial charge in [-0.3, -0.25) is 9.59 Å². The van der Waals surface area contributed by atoms with Crippen LogP contribution < -0.4 is 5.32 Å². The molecule has 2 aliphatic rings. The van der Waals surface area contributed by atoms with E-state index < -0.39 is 0 Å². The van der Waals surface area contributed by atoms with Crippen molar-refractivity contribution in [3.63, 3.8) is 0 Å². The van der Waals surface area contributed by atoms with Gasteiger partial charge in [-0.2, -0.15) is 0 Å². The van der Waals surface area contributed by atoms with E-state index in [2.05, 4.69) is 17.2 Å². The Morgan fingerprint density at radius 2 is 2.11 bits per heavy atom. The van der Waals surface area contributed by atoms with Crippen molar-refractivity contribution in [1.82, 2.24) is 25.1 Å². The lowest BCUT2D eigenvalue weighted by atomic mass is 9.92. The summed E-state index contributed by atoms with van der Waals surface area (Å²) in [5.74, 6) is -0.0223. The van der Waals surface area contributed by atoms with Crippen LogP contribution in [0.3, 0.4) is 0 Å². The average molecular weight is 558 g/mol. The number of morpholine rings is 1. The first-order valence-electron chi connectivity index (χ1n) is 12.7. The molecule has 0 saturated carbocycles. The molecule has 0 aliphatic carbocycles. The van der Waals surface area contributed by atoms with Crippen LogP contribution in [0.4, 0.5) is 0 Å². The number of carbonyl (C=O) groups excluding carboxylic acids is 2. The number of halogens is 1. The molecule has 202 valence electrons. The van der Waals surface area contributed by atoms with Crippen LogP contribution >= 0.6 is 22.9 Å². The van der Waals surface area contributed by atoms with E-state index in [-0.39, 0.29) is 24.0 Å². The zero-order valence-corrected chi connectivity index (χ0v) is 23.4. The zero-order valence-electron chi connectivity index (χ0n) is 21.8. The van der Waals surface area contributed by atoms with Crippen LogP contribution in [-0.4, -0.2) is 90.7 Å². The zero-order chi connectivity index (χ0) is 26.9. The summed E-state index contributed by atoms with van der Waals surface area (Å²) in [5.41, 5.74) is 4.67. The number of benzene rings is 1. The third-order valence-corrected chi connectivity index (χ3v) is 8.46. The average Bonchev–Trinajstić information content (AvgIpc) is 3.30. The van der Waals surface area contributed by atoms with E-state index in [9.17, 15) is 9.59 Å². The third kappa shape index (κ3) is 5.69. The van der Waals surface area contributed by atoms with Crippen molar-refractivity contribution in [3.8, 4) is 11.3 Å². The highest BCUT2D eigenvalue weighted by Gasteiger charge is 2.44. The molecule has 2 fully saturated rings. The van der Waals surface area contributed by atoms with Crippen molar-refractivity contribution in [2.45, 2.75) is 38.0 Å². The number of hydrogen-bond donors (Lipinski definition) is 1. The molecule has 2 aliphatic heterocycles. The molecule has 9 nitrogen and oxygen atoms in total. The topological polar surface area (TPSA) is 96.9 Å². The van der Waals surface area contributed by atoms with E-state index in [0.717, 1.165) is 63.4 Å². The highest BCUT2D eigenvalue weighted by molar-refractivity contribution is 7.19. The summed E-state index contributed by atoms with van der Waals surface area (Å²) in [6, 6.07) is 5.97. The molecule has 0 bridgehead atoms. The minimum absolute atomic E-state index is 0.0143. The molecule has 1 spiro atoms. The van der Waals surface area contributed by atoms with E-state index in [4.69, 9.17) is 26.1 Å². The van der Waals surface area contributed by atoms with Gasteiger partial charge in [0.25, 0.3) is 0 Å². The maximum Gasteiger partial charge on any atom is 0.224 e. The Hall–Kier alpha value is -2.63. The Labute approximate surface area is 231 Å². The Morgan fingerprint density at radius 1 is 1.29 bits per heavy atom. The molecule has 1 N–H and O–H groups in total. The Balaban J connectivity index is 1.41. The number of rotatable bonds is 9. The second kappa shape index (κ2) is 11.2. The van der Waals surface area contributed by atoms with Crippen LogP contribution in [0.15, 0.2) is 24.5 Å². The number of thiophene rings is 1. The number of hydrogen-bond acceptors (Lipinski definition) is 8. The molecule has 2 amide bonds. The summed E-state index contributed by atoms with van der Waals surface area (Å²) >= 11 is 8.13. The van der Waals surface area contributed by atoms with Gasteiger partial charge in [0, 0.05) is 62.0 Å². The van der Waals surface area contributed by atoms with Crippen molar-refractivity contribution in [2.75, 3.05) is 46.9 Å². The summed E-state index contributed by atoms with van der Waals surface area (Å²) in [6.07, 6.45) is 3.32. The molecule has 5 rings (SSSR count). The fraction of sp³-hybridized carbons (Fsp3) is 0.481. The van der Waals surface area contributed by atoms with Gasteiger partial charge in [-0.25, -0.2) is 9.97 Å². The van der Waals surface area contributed by atoms with Crippen LogP contribution in [0.5, 0.6) is 0 Å². The molecular formula is C27H32ClN5O4S. The first-order valence-corrected chi connectivity index (χ1v) is 13.8. The van der Waals surface area contributed by atoms with Crippen LogP contribution in [0.1, 0.15) is 22.4 Å². The third-order valence-electron chi connectivity index (χ3n) is 7.13. The maximum atomic E-state index is 12.6. The fourth-order valence-electron chi connectivity index (χ4n) is 5.01. The highest BCUT2D eigenvalue weighted by Crippen LogP contribution is 2.38. The summed E-state index contributed by atoms with van der Waals surface area (Å²) in [6.45, 7) is 5.75. The quantitative estimate of drug-likeness (QED) is 0.404. The smallest absolute Gasteiger partial charge is 0.224 e. The predicted molar refractivity (Wildman–Crippen MR) is 147 cm³/mol. The fourth-order valence-corrected chi connectivity index (χ4v) is 6.44. The monoisotopic (exact) mass is 557 g/mol. The van der Waals surface area contributed by atoms with Gasteiger partial charge in [-0.1, -0.05) is 11.6 Å². The lowest BCUT2D eigenvalue weighted by molar-refractivity contribution is -0.240. The van der Waals surface area contributed by atoms with Crippen LogP contribution in [0.25, 0.3) is 21.5 Å². The Kier molecular flexibility index (Phi) is 7.97. The van der Waals surface area contributed by atoms with Crippen LogP contribution in [-0.2, 0) is 32.0 Å². The minimum atomic E-state index is -0.222. The normalized spacial score (nSPS) is 18.4. The van der Waals surface area contributed by atoms with E-state index in [1.165, 1.54) is 4.90 Å². The van der Waals surface area contributed by atoms with Crippen molar-refractivity contribution < 1.29 is 19.1 Å². The van der Waals surface area contributed by atoms with Gasteiger partial charge in [0.2, 0.25) is 12.3 Å². The van der Waals surface area contributed by atoms with E-state index >= 15 is 0 Å². The van der Waals surface area contributed by atoms with Crippen molar-refractivity contribution in [2.24, 2.45) is 0 Å². The summed E-state index contributed by atoms with van der Waals surface area (Å²) in [4.78, 5) is 36.7. The molecule has 11 heteroatoms. The standard InChI is InChI=1S/C27H32ClN5O4S/c1-17-6-18(28)7-22(21(17)8-19-10-29-12-27(37-19)13-36-14-27)25-26-23(30-15-31-25)9-20(38-26)11-33(3)24(35)4-5-32(2)16-34/h6-7,9,15-16,19,29H,4-5,8,10-14H2,1-3H3. The number of ether oxygens (including phenoxy) is 2. The first-order chi connectivity index (χ1) is 18.3. The number of aromatic nitrogens is 2. The number of carbonyl (C=O) groups is 2. The van der Waals surface area contributed by atoms with Gasteiger partial charge in [0.15, 0.2) is 0 Å².